The first-order valence-electron chi connectivity index (χ1n) is 5.53. The fourth-order valence-electron chi connectivity index (χ4n) is 0.814. The van der Waals surface area contributed by atoms with Gasteiger partial charge in [-0.05, 0) is 6.42 Å². The molecule has 0 rings (SSSR count). The smallest absolute Gasteiger partial charge is 0.663 e. The van der Waals surface area contributed by atoms with Crippen LogP contribution in [0.25, 0.3) is 5.32 Å². The maximum absolute atomic E-state index is 6.46. The molecule has 0 aliphatic carbocycles. The van der Waals surface area contributed by atoms with E-state index in [0.717, 1.165) is 25.9 Å². The number of nitrogens with one attached hydrogen (secondary N) is 1. The van der Waals surface area contributed by atoms with Gasteiger partial charge in [-0.15, -0.1) is 5.11 Å². The van der Waals surface area contributed by atoms with Crippen molar-refractivity contribution in [2.75, 3.05) is 19.6 Å². The van der Waals surface area contributed by atoms with E-state index in [4.69, 9.17) is 11.3 Å². The van der Waals surface area contributed by atoms with Gasteiger partial charge in [-0.2, -0.15) is 13.1 Å². The number of rotatable bonds is 6. The summed E-state index contributed by atoms with van der Waals surface area (Å²) in [6.07, 6.45) is 3.37. The fraction of sp³-hybridized carbons (Fsp3) is 0.900. The van der Waals surface area contributed by atoms with E-state index in [2.05, 4.69) is 22.3 Å². The molecular weight excluding hydrogens is 291 g/mol. The van der Waals surface area contributed by atoms with Gasteiger partial charge in [-0.1, -0.05) is 33.6 Å². The molecule has 0 atom stereocenters. The first-order chi connectivity index (χ1) is 7.22. The summed E-state index contributed by atoms with van der Waals surface area (Å²) in [5, 5.41) is 6.94. The summed E-state index contributed by atoms with van der Waals surface area (Å²) < 4.78 is 0. The number of nitrogens with zero attached hydrogens (tertiary/aromatic N) is 3. The van der Waals surface area contributed by atoms with Crippen LogP contribution in [-0.4, -0.2) is 25.6 Å². The molecule has 0 spiro atoms. The maximum atomic E-state index is 6.46. The molecule has 3 N–H and O–H groups in total. The Kier molecular flexibility index (Phi) is 26.4. The SMILES string of the molecule is CCCCCN=C(N)N=N.CC[N-]CC.[Ru+]. The van der Waals surface area contributed by atoms with Crippen LogP contribution in [0.1, 0.15) is 40.0 Å². The zero-order chi connectivity index (χ0) is 11.9. The van der Waals surface area contributed by atoms with Crippen molar-refractivity contribution in [1.29, 1.82) is 5.53 Å². The zero-order valence-corrected chi connectivity index (χ0v) is 12.3. The molecule has 0 aromatic heterocycles. The predicted molar refractivity (Wildman–Crippen MR) is 65.6 cm³/mol. The second kappa shape index (κ2) is 20.1. The number of guanidine groups is 1. The van der Waals surface area contributed by atoms with E-state index in [0.29, 0.717) is 6.54 Å². The van der Waals surface area contributed by atoms with Crippen LogP contribution in [0.4, 0.5) is 0 Å². The number of hydrogen-bond donors (Lipinski definition) is 2. The van der Waals surface area contributed by atoms with Gasteiger partial charge in [0.2, 0.25) is 5.96 Å². The van der Waals surface area contributed by atoms with Gasteiger partial charge in [-0.25, -0.2) is 5.53 Å². The van der Waals surface area contributed by atoms with Gasteiger partial charge in [0.25, 0.3) is 0 Å². The Morgan fingerprint density at radius 2 is 1.75 bits per heavy atom. The van der Waals surface area contributed by atoms with Crippen molar-refractivity contribution in [3.05, 3.63) is 5.32 Å². The third-order valence-corrected chi connectivity index (χ3v) is 1.60. The van der Waals surface area contributed by atoms with E-state index in [9.17, 15) is 0 Å². The Morgan fingerprint density at radius 1 is 1.19 bits per heavy atom. The summed E-state index contributed by atoms with van der Waals surface area (Å²) in [5.74, 6) is 0.0797. The Morgan fingerprint density at radius 3 is 2.06 bits per heavy atom. The molecule has 0 unspecified atom stereocenters. The topological polar surface area (TPSA) is 88.7 Å². The average molecular weight is 315 g/mol. The number of unbranched alkanes of at least 4 members (excludes halogenated alkanes) is 2. The van der Waals surface area contributed by atoms with Gasteiger partial charge in [0.15, 0.2) is 0 Å². The van der Waals surface area contributed by atoms with Gasteiger partial charge in [0.05, 0.1) is 0 Å². The molecule has 16 heavy (non-hydrogen) atoms. The second-order valence-electron chi connectivity index (χ2n) is 2.91. The Labute approximate surface area is 112 Å². The largest absolute Gasteiger partial charge is 1.00 e. The van der Waals surface area contributed by atoms with Crippen LogP contribution in [0.3, 0.4) is 0 Å². The molecule has 97 valence electrons. The summed E-state index contributed by atoms with van der Waals surface area (Å²) >= 11 is 0. The van der Waals surface area contributed by atoms with Gasteiger partial charge in [0, 0.05) is 6.54 Å². The van der Waals surface area contributed by atoms with E-state index in [1.54, 1.807) is 0 Å². The predicted octanol–water partition coefficient (Wildman–Crippen LogP) is 2.92. The van der Waals surface area contributed by atoms with E-state index < -0.39 is 0 Å². The standard InChI is InChI=1S/C6H14N4.C4H10N.Ru/c1-2-3-4-5-9-6(7)10-8;1-3-5-4-2;/h8H,2-5H2,1H3,(H2,7,9);3-4H2,1-2H3;/q;-1;+1. The third kappa shape index (κ3) is 23.5. The minimum Gasteiger partial charge on any atom is -0.663 e. The summed E-state index contributed by atoms with van der Waals surface area (Å²) in [5.41, 5.74) is 11.6. The van der Waals surface area contributed by atoms with Crippen molar-refractivity contribution >= 4 is 5.96 Å². The molecule has 6 heteroatoms. The molecule has 0 fully saturated rings. The quantitative estimate of drug-likeness (QED) is 0.255. The van der Waals surface area contributed by atoms with E-state index in [1.807, 2.05) is 13.8 Å². The molecule has 5 nitrogen and oxygen atoms in total. The minimum atomic E-state index is 0. The van der Waals surface area contributed by atoms with Crippen LogP contribution in [0.2, 0.25) is 0 Å². The van der Waals surface area contributed by atoms with Crippen LogP contribution >= 0.6 is 0 Å². The molecular formula is C10H24N5Ru. The van der Waals surface area contributed by atoms with Crippen LogP contribution < -0.4 is 5.73 Å². The minimum absolute atomic E-state index is 0. The third-order valence-electron chi connectivity index (χ3n) is 1.60. The monoisotopic (exact) mass is 316 g/mol. The van der Waals surface area contributed by atoms with Crippen molar-refractivity contribution < 1.29 is 19.5 Å². The molecule has 0 aliphatic heterocycles. The summed E-state index contributed by atoms with van der Waals surface area (Å²) in [7, 11) is 0. The molecule has 0 aromatic rings. The Bertz CT molecular complexity index is 159. The van der Waals surface area contributed by atoms with Gasteiger partial charge in [-0.3, -0.25) is 4.99 Å². The number of nitrogens with two attached hydrogens (primary N) is 1. The van der Waals surface area contributed by atoms with Crippen molar-refractivity contribution in [2.24, 2.45) is 15.8 Å². The summed E-state index contributed by atoms with van der Waals surface area (Å²) in [4.78, 5) is 3.82. The van der Waals surface area contributed by atoms with E-state index >= 15 is 0 Å². The first kappa shape index (κ1) is 21.0. The first-order valence-corrected chi connectivity index (χ1v) is 5.53. The summed E-state index contributed by atoms with van der Waals surface area (Å²) in [6.45, 7) is 8.85. The fourth-order valence-corrected chi connectivity index (χ4v) is 0.814. The van der Waals surface area contributed by atoms with Crippen molar-refractivity contribution in [3.8, 4) is 0 Å². The van der Waals surface area contributed by atoms with Crippen LogP contribution in [-0.2, 0) is 19.5 Å². The van der Waals surface area contributed by atoms with Crippen LogP contribution in [0.15, 0.2) is 10.1 Å². The van der Waals surface area contributed by atoms with Crippen LogP contribution in [0, 0.1) is 5.53 Å². The maximum Gasteiger partial charge on any atom is 1.00 e. The molecule has 0 bridgehead atoms. The van der Waals surface area contributed by atoms with Crippen LogP contribution in [0.5, 0.6) is 0 Å². The molecule has 0 aromatic carbocycles. The van der Waals surface area contributed by atoms with Crippen molar-refractivity contribution in [1.82, 2.24) is 0 Å². The van der Waals surface area contributed by atoms with E-state index in [-0.39, 0.29) is 25.4 Å². The molecule has 0 aliphatic rings. The molecule has 0 saturated heterocycles. The molecule has 1 radical (unpaired) electrons. The van der Waals surface area contributed by atoms with Gasteiger partial charge in [0.1, 0.15) is 0 Å². The molecule has 0 amide bonds. The number of aliphatic imine (C=N–C) groups is 1. The van der Waals surface area contributed by atoms with Gasteiger partial charge < -0.3 is 11.1 Å². The normalized spacial score (nSPS) is 9.81. The average Bonchev–Trinajstić information content (AvgIpc) is 2.26. The van der Waals surface area contributed by atoms with Gasteiger partial charge >= 0.3 is 19.5 Å². The van der Waals surface area contributed by atoms with Crippen molar-refractivity contribution in [2.45, 2.75) is 40.0 Å². The Balaban J connectivity index is -0.000000242. The molecule has 0 saturated carbocycles. The van der Waals surface area contributed by atoms with Crippen molar-refractivity contribution in [3.63, 3.8) is 0 Å². The molecule has 0 heterocycles. The number of hydrogen-bond acceptors (Lipinski definition) is 2. The Hall–Kier alpha value is -0.347. The second-order valence-corrected chi connectivity index (χ2v) is 2.91. The zero-order valence-electron chi connectivity index (χ0n) is 10.5. The van der Waals surface area contributed by atoms with E-state index in [1.165, 1.54) is 6.42 Å². The summed E-state index contributed by atoms with van der Waals surface area (Å²) in [6, 6.07) is 0.